The van der Waals surface area contributed by atoms with Gasteiger partial charge < -0.3 is 0 Å². The maximum Gasteiger partial charge on any atom is 0.0274 e. The molecule has 0 radical (unpaired) electrons. The predicted octanol–water partition coefficient (Wildman–Crippen LogP) is 2.60. The summed E-state index contributed by atoms with van der Waals surface area (Å²) < 4.78 is 0. The molecule has 0 spiro atoms. The van der Waals surface area contributed by atoms with Crippen LogP contribution in [0.25, 0.3) is 0 Å². The van der Waals surface area contributed by atoms with E-state index in [1.54, 1.807) is 0 Å². The highest BCUT2D eigenvalue weighted by molar-refractivity contribution is 7.22. The van der Waals surface area contributed by atoms with Gasteiger partial charge in [-0.2, -0.15) is 0 Å². The average Bonchev–Trinajstić information content (AvgIpc) is 1.84. The molecule has 0 amide bonds. The molecule has 0 aromatic rings. The normalized spacial score (nSPS) is 18.0. The third-order valence-electron chi connectivity index (χ3n) is 2.93. The van der Waals surface area contributed by atoms with Gasteiger partial charge in [0.1, 0.15) is 0 Å². The molecule has 0 aromatic carbocycles. The number of rotatable bonds is 3. The Morgan fingerprint density at radius 1 is 0.700 bits per heavy atom. The summed E-state index contributed by atoms with van der Waals surface area (Å²) in [6, 6.07) is 0. The van der Waals surface area contributed by atoms with Crippen molar-refractivity contribution in [3.63, 3.8) is 0 Å². The lowest BCUT2D eigenvalue weighted by Crippen LogP contribution is -2.34. The minimum atomic E-state index is -0.289. The van der Waals surface area contributed by atoms with Gasteiger partial charge in [-0.25, -0.2) is 0 Å². The average molecular weight is 174 g/mol. The lowest BCUT2D eigenvalue weighted by atomic mass is 10.6. The minimum Gasteiger partial charge on any atom is -0.0739 e. The van der Waals surface area contributed by atoms with Gasteiger partial charge in [-0.05, 0) is 0 Å². The van der Waals surface area contributed by atoms with Crippen molar-refractivity contribution < 1.29 is 0 Å². The van der Waals surface area contributed by atoms with Gasteiger partial charge in [0.2, 0.25) is 0 Å². The van der Waals surface area contributed by atoms with Crippen LogP contribution in [-0.4, -0.2) is 16.6 Å². The summed E-state index contributed by atoms with van der Waals surface area (Å²) in [5, 5.41) is 0. The first-order valence-electron chi connectivity index (χ1n) is 4.46. The van der Waals surface area contributed by atoms with Crippen LogP contribution in [-0.2, 0) is 0 Å². The van der Waals surface area contributed by atoms with E-state index >= 15 is 0 Å². The standard InChI is InChI=1S/C8H22Si2/c1-7(2)9(5)10(6)8(3)4/h7-10H,1-6H3. The highest BCUT2D eigenvalue weighted by Crippen LogP contribution is 2.17. The van der Waals surface area contributed by atoms with Crippen LogP contribution in [0.15, 0.2) is 0 Å². The summed E-state index contributed by atoms with van der Waals surface area (Å²) in [6.07, 6.45) is 0. The van der Waals surface area contributed by atoms with Crippen LogP contribution < -0.4 is 0 Å². The highest BCUT2D eigenvalue weighted by Gasteiger charge is 2.20. The molecule has 0 aliphatic rings. The summed E-state index contributed by atoms with van der Waals surface area (Å²) >= 11 is 0. The van der Waals surface area contributed by atoms with Gasteiger partial charge in [-0.1, -0.05) is 51.9 Å². The molecule has 2 heteroatoms. The van der Waals surface area contributed by atoms with Gasteiger partial charge in [0, 0.05) is 16.6 Å². The summed E-state index contributed by atoms with van der Waals surface area (Å²) in [5.74, 6) is 0. The first-order valence-corrected chi connectivity index (χ1v) is 10.8. The Kier molecular flexibility index (Phi) is 4.53. The van der Waals surface area contributed by atoms with E-state index in [0.717, 1.165) is 11.1 Å². The molecule has 0 aliphatic heterocycles. The van der Waals surface area contributed by atoms with Gasteiger partial charge in [-0.15, -0.1) is 0 Å². The fraction of sp³-hybridized carbons (Fsp3) is 1.00. The second-order valence-corrected chi connectivity index (χ2v) is 16.6. The quantitative estimate of drug-likeness (QED) is 0.577. The van der Waals surface area contributed by atoms with Crippen LogP contribution in [0.1, 0.15) is 27.7 Å². The summed E-state index contributed by atoms with van der Waals surface area (Å²) in [6.45, 7) is 14.7. The van der Waals surface area contributed by atoms with Gasteiger partial charge in [0.15, 0.2) is 0 Å². The van der Waals surface area contributed by atoms with Crippen molar-refractivity contribution in [1.82, 2.24) is 0 Å². The maximum atomic E-state index is 2.56. The number of hydrogen-bond acceptors (Lipinski definition) is 0. The second kappa shape index (κ2) is 4.34. The van der Waals surface area contributed by atoms with E-state index < -0.39 is 0 Å². The minimum absolute atomic E-state index is 0.289. The van der Waals surface area contributed by atoms with Crippen LogP contribution >= 0.6 is 0 Å². The predicted molar refractivity (Wildman–Crippen MR) is 56.2 cm³/mol. The van der Waals surface area contributed by atoms with Crippen molar-refractivity contribution >= 4 is 16.6 Å². The van der Waals surface area contributed by atoms with Crippen LogP contribution in [0.4, 0.5) is 0 Å². The van der Waals surface area contributed by atoms with Crippen molar-refractivity contribution in [2.75, 3.05) is 0 Å². The van der Waals surface area contributed by atoms with Gasteiger partial charge in [0.25, 0.3) is 0 Å². The van der Waals surface area contributed by atoms with E-state index in [9.17, 15) is 0 Å². The zero-order valence-corrected chi connectivity index (χ0v) is 10.6. The second-order valence-electron chi connectivity index (χ2n) is 4.21. The molecule has 0 saturated heterocycles. The molecule has 0 saturated carbocycles. The molecule has 62 valence electrons. The van der Waals surface area contributed by atoms with Crippen LogP contribution in [0, 0.1) is 0 Å². The Morgan fingerprint density at radius 3 is 1.00 bits per heavy atom. The third-order valence-corrected chi connectivity index (χ3v) is 18.4. The molecule has 0 heterocycles. The Hall–Kier alpha value is 0.434. The van der Waals surface area contributed by atoms with E-state index in [1.807, 2.05) is 0 Å². The summed E-state index contributed by atoms with van der Waals surface area (Å²) in [7, 11) is -0.577. The van der Waals surface area contributed by atoms with Crippen LogP contribution in [0.2, 0.25) is 24.2 Å². The summed E-state index contributed by atoms with van der Waals surface area (Å²) in [5.41, 5.74) is 2.06. The largest absolute Gasteiger partial charge is 0.0739 e. The van der Waals surface area contributed by atoms with Crippen LogP contribution in [0.3, 0.4) is 0 Å². The van der Waals surface area contributed by atoms with Crippen molar-refractivity contribution in [2.45, 2.75) is 51.9 Å². The Labute approximate surface area is 69.0 Å². The van der Waals surface area contributed by atoms with E-state index in [2.05, 4.69) is 40.8 Å². The first kappa shape index (κ1) is 10.4. The van der Waals surface area contributed by atoms with E-state index in [-0.39, 0.29) is 16.6 Å². The lowest BCUT2D eigenvalue weighted by Gasteiger charge is -2.23. The fourth-order valence-corrected chi connectivity index (χ4v) is 10.9. The molecule has 0 nitrogen and oxygen atoms in total. The lowest BCUT2D eigenvalue weighted by molar-refractivity contribution is 1.02. The van der Waals surface area contributed by atoms with Crippen molar-refractivity contribution in [2.24, 2.45) is 0 Å². The monoisotopic (exact) mass is 174 g/mol. The molecule has 0 bridgehead atoms. The molecule has 10 heavy (non-hydrogen) atoms. The smallest absolute Gasteiger partial charge is 0.0274 e. The molecule has 0 fully saturated rings. The van der Waals surface area contributed by atoms with Gasteiger partial charge >= 0.3 is 0 Å². The zero-order chi connectivity index (χ0) is 8.31. The topological polar surface area (TPSA) is 0 Å². The van der Waals surface area contributed by atoms with E-state index in [4.69, 9.17) is 0 Å². The van der Waals surface area contributed by atoms with Crippen LogP contribution in [0.5, 0.6) is 0 Å². The molecular formula is C8H22Si2. The number of hydrogen-bond donors (Lipinski definition) is 0. The maximum absolute atomic E-state index is 2.56. The van der Waals surface area contributed by atoms with Gasteiger partial charge in [0.05, 0.1) is 0 Å². The van der Waals surface area contributed by atoms with Gasteiger partial charge in [-0.3, -0.25) is 0 Å². The molecule has 0 aliphatic carbocycles. The van der Waals surface area contributed by atoms with E-state index in [1.165, 1.54) is 0 Å². The Balaban J connectivity index is 3.81. The van der Waals surface area contributed by atoms with Crippen molar-refractivity contribution in [3.8, 4) is 0 Å². The Bertz CT molecular complexity index is 77.3. The molecular weight excluding hydrogens is 152 g/mol. The Morgan fingerprint density at radius 2 is 0.900 bits per heavy atom. The van der Waals surface area contributed by atoms with Crippen molar-refractivity contribution in [3.05, 3.63) is 0 Å². The zero-order valence-electron chi connectivity index (χ0n) is 8.31. The molecule has 0 aromatic heterocycles. The third kappa shape index (κ3) is 3.01. The molecule has 0 N–H and O–H groups in total. The molecule has 2 unspecified atom stereocenters. The van der Waals surface area contributed by atoms with Crippen molar-refractivity contribution in [1.29, 1.82) is 0 Å². The SMILES string of the molecule is CC(C)[SiH](C)[SiH](C)C(C)C. The fourth-order valence-electron chi connectivity index (χ4n) is 1.21. The first-order chi connectivity index (χ1) is 4.46. The molecule has 2 atom stereocenters. The van der Waals surface area contributed by atoms with E-state index in [0.29, 0.717) is 0 Å². The summed E-state index contributed by atoms with van der Waals surface area (Å²) in [4.78, 5) is 0. The highest BCUT2D eigenvalue weighted by atomic mass is 29.2. The molecule has 0 rings (SSSR count).